The molecule has 0 bridgehead atoms. The van der Waals surface area contributed by atoms with Gasteiger partial charge in [0.2, 0.25) is 0 Å². The smallest absolute Gasteiger partial charge is 0.141 e. The first-order valence-corrected chi connectivity index (χ1v) is 5.82. The van der Waals surface area contributed by atoms with Crippen molar-refractivity contribution >= 4 is 21.8 Å². The van der Waals surface area contributed by atoms with E-state index in [2.05, 4.69) is 26.0 Å². The Labute approximate surface area is 107 Å². The van der Waals surface area contributed by atoms with Crippen molar-refractivity contribution in [1.82, 2.24) is 14.8 Å². The van der Waals surface area contributed by atoms with Crippen molar-refractivity contribution in [3.05, 3.63) is 39.9 Å². The topological polar surface area (TPSA) is 80.6 Å². The van der Waals surface area contributed by atoms with Gasteiger partial charge in [-0.15, -0.1) is 0 Å². The van der Waals surface area contributed by atoms with E-state index < -0.39 is 0 Å². The molecule has 0 fully saturated rings. The molecule has 0 unspecified atom stereocenters. The molecular weight excluding hydrogens is 282 g/mol. The minimum atomic E-state index is -0.0487. The molecule has 0 saturated carbocycles. The summed E-state index contributed by atoms with van der Waals surface area (Å²) >= 11 is 3.48. The number of rotatable bonds is 2. The third-order valence-electron chi connectivity index (χ3n) is 2.47. The highest BCUT2D eigenvalue weighted by molar-refractivity contribution is 9.10. The van der Waals surface area contributed by atoms with E-state index in [1.54, 1.807) is 16.9 Å². The zero-order chi connectivity index (χ0) is 12.6. The fourth-order valence-corrected chi connectivity index (χ4v) is 1.82. The molecule has 0 radical (unpaired) electrons. The summed E-state index contributed by atoms with van der Waals surface area (Å²) in [6, 6.07) is 3.58. The molecule has 88 valence electrons. The third kappa shape index (κ3) is 2.08. The number of pyridine rings is 1. The Kier molecular flexibility index (Phi) is 2.97. The second kappa shape index (κ2) is 4.29. The van der Waals surface area contributed by atoms with Gasteiger partial charge in [0.25, 0.3) is 0 Å². The third-order valence-corrected chi connectivity index (χ3v) is 3.61. The number of nitrogen functional groups attached to an aromatic ring is 1. The van der Waals surface area contributed by atoms with Crippen LogP contribution in [-0.2, 0) is 0 Å². The fourth-order valence-electron chi connectivity index (χ4n) is 1.57. The largest absolute Gasteiger partial charge is 0.382 e. The first-order chi connectivity index (χ1) is 8.00. The zero-order valence-electron chi connectivity index (χ0n) is 9.53. The summed E-state index contributed by atoms with van der Waals surface area (Å²) in [5.74, 6) is -0.0487. The van der Waals surface area contributed by atoms with Gasteiger partial charge in [0, 0.05) is 6.20 Å². The quantitative estimate of drug-likeness (QED) is 0.656. The molecule has 2 aromatic rings. The van der Waals surface area contributed by atoms with Crippen LogP contribution in [-0.4, -0.2) is 20.6 Å². The highest BCUT2D eigenvalue weighted by Gasteiger charge is 2.11. The summed E-state index contributed by atoms with van der Waals surface area (Å²) in [4.78, 5) is 4.02. The Hall–Kier alpha value is -1.69. The maximum Gasteiger partial charge on any atom is 0.141 e. The van der Waals surface area contributed by atoms with Crippen molar-refractivity contribution < 1.29 is 0 Å². The lowest BCUT2D eigenvalue weighted by atomic mass is 10.3. The molecule has 6 heteroatoms. The molecule has 0 atom stereocenters. The zero-order valence-corrected chi connectivity index (χ0v) is 11.1. The van der Waals surface area contributed by atoms with E-state index in [1.807, 2.05) is 19.9 Å². The number of aromatic nitrogens is 3. The fraction of sp³-hybridized carbons (Fsp3) is 0.182. The van der Waals surface area contributed by atoms with Crippen LogP contribution in [0.15, 0.2) is 22.8 Å². The average Bonchev–Trinajstić information content (AvgIpc) is 2.57. The number of nitrogens with one attached hydrogen (secondary N) is 1. The van der Waals surface area contributed by atoms with Crippen molar-refractivity contribution in [3.63, 3.8) is 0 Å². The number of halogens is 1. The molecule has 2 heterocycles. The summed E-state index contributed by atoms with van der Waals surface area (Å²) in [5.41, 5.74) is 8.63. The molecule has 5 nitrogen and oxygen atoms in total. The molecule has 0 aliphatic heterocycles. The number of hydrogen-bond donors (Lipinski definition) is 2. The van der Waals surface area contributed by atoms with E-state index in [-0.39, 0.29) is 5.84 Å². The minimum Gasteiger partial charge on any atom is -0.382 e. The van der Waals surface area contributed by atoms with E-state index in [1.165, 1.54) is 0 Å². The standard InChI is InChI=1S/C11H12BrN5/c1-6-10(12)7(2)17(16-6)8-3-4-15-9(5-8)11(13)14/h3-5H,1-2H3,(H3,13,14). The van der Waals surface area contributed by atoms with Crippen LogP contribution in [0.5, 0.6) is 0 Å². The Balaban J connectivity index is 2.56. The van der Waals surface area contributed by atoms with E-state index in [0.717, 1.165) is 21.5 Å². The Morgan fingerprint density at radius 1 is 1.47 bits per heavy atom. The van der Waals surface area contributed by atoms with Gasteiger partial charge in [0.1, 0.15) is 11.5 Å². The van der Waals surface area contributed by atoms with Crippen molar-refractivity contribution in [3.8, 4) is 5.69 Å². The van der Waals surface area contributed by atoms with Crippen LogP contribution in [0, 0.1) is 19.3 Å². The molecule has 0 aliphatic rings. The van der Waals surface area contributed by atoms with E-state index in [4.69, 9.17) is 11.1 Å². The van der Waals surface area contributed by atoms with Crippen molar-refractivity contribution in [2.45, 2.75) is 13.8 Å². The van der Waals surface area contributed by atoms with Crippen molar-refractivity contribution in [2.24, 2.45) is 5.73 Å². The van der Waals surface area contributed by atoms with E-state index >= 15 is 0 Å². The summed E-state index contributed by atoms with van der Waals surface area (Å²) in [6.07, 6.45) is 1.62. The molecule has 17 heavy (non-hydrogen) atoms. The second-order valence-electron chi connectivity index (χ2n) is 3.71. The Morgan fingerprint density at radius 2 is 2.18 bits per heavy atom. The Bertz CT molecular complexity index is 588. The minimum absolute atomic E-state index is 0.0487. The molecule has 0 saturated heterocycles. The monoisotopic (exact) mass is 293 g/mol. The summed E-state index contributed by atoms with van der Waals surface area (Å²) < 4.78 is 2.78. The molecule has 2 rings (SSSR count). The lowest BCUT2D eigenvalue weighted by Crippen LogP contribution is -2.13. The van der Waals surface area contributed by atoms with Gasteiger partial charge in [-0.3, -0.25) is 10.4 Å². The number of hydrogen-bond acceptors (Lipinski definition) is 3. The molecule has 0 spiro atoms. The van der Waals surface area contributed by atoms with Crippen molar-refractivity contribution in [1.29, 1.82) is 5.41 Å². The van der Waals surface area contributed by atoms with Gasteiger partial charge in [-0.2, -0.15) is 5.10 Å². The van der Waals surface area contributed by atoms with Crippen LogP contribution in [0.2, 0.25) is 0 Å². The van der Waals surface area contributed by atoms with Crippen molar-refractivity contribution in [2.75, 3.05) is 0 Å². The maximum atomic E-state index is 7.37. The second-order valence-corrected chi connectivity index (χ2v) is 4.50. The highest BCUT2D eigenvalue weighted by atomic mass is 79.9. The lowest BCUT2D eigenvalue weighted by molar-refractivity contribution is 0.830. The van der Waals surface area contributed by atoms with Gasteiger partial charge in [-0.25, -0.2) is 4.68 Å². The van der Waals surface area contributed by atoms with Gasteiger partial charge in [0.15, 0.2) is 0 Å². The van der Waals surface area contributed by atoms with Gasteiger partial charge in [-0.1, -0.05) is 0 Å². The predicted molar refractivity (Wildman–Crippen MR) is 69.5 cm³/mol. The summed E-state index contributed by atoms with van der Waals surface area (Å²) in [6.45, 7) is 3.90. The first kappa shape index (κ1) is 11.8. The van der Waals surface area contributed by atoms with Gasteiger partial charge in [0.05, 0.1) is 21.5 Å². The molecule has 0 aromatic carbocycles. The average molecular weight is 294 g/mol. The van der Waals surface area contributed by atoms with E-state index in [9.17, 15) is 0 Å². The van der Waals surface area contributed by atoms with Gasteiger partial charge < -0.3 is 5.73 Å². The van der Waals surface area contributed by atoms with E-state index in [0.29, 0.717) is 5.69 Å². The molecule has 2 aromatic heterocycles. The number of nitrogens with two attached hydrogens (primary N) is 1. The first-order valence-electron chi connectivity index (χ1n) is 5.03. The maximum absolute atomic E-state index is 7.37. The van der Waals surface area contributed by atoms with Crippen LogP contribution in [0.25, 0.3) is 5.69 Å². The normalized spacial score (nSPS) is 10.5. The predicted octanol–water partition coefficient (Wildman–Crippen LogP) is 1.93. The number of amidine groups is 1. The van der Waals surface area contributed by atoms with Gasteiger partial charge >= 0.3 is 0 Å². The molecular formula is C11H12BrN5. The van der Waals surface area contributed by atoms with Gasteiger partial charge in [-0.05, 0) is 41.9 Å². The highest BCUT2D eigenvalue weighted by Crippen LogP contribution is 2.22. The lowest BCUT2D eigenvalue weighted by Gasteiger charge is -2.05. The van der Waals surface area contributed by atoms with Crippen LogP contribution in [0.1, 0.15) is 17.1 Å². The number of aryl methyl sites for hydroxylation is 1. The molecule has 3 N–H and O–H groups in total. The summed E-state index contributed by atoms with van der Waals surface area (Å²) in [5, 5.41) is 11.8. The Morgan fingerprint density at radius 3 is 2.71 bits per heavy atom. The van der Waals surface area contributed by atoms with Crippen LogP contribution in [0.4, 0.5) is 0 Å². The number of nitrogens with zero attached hydrogens (tertiary/aromatic N) is 3. The summed E-state index contributed by atoms with van der Waals surface area (Å²) in [7, 11) is 0. The molecule has 0 amide bonds. The van der Waals surface area contributed by atoms with Crippen LogP contribution >= 0.6 is 15.9 Å². The SMILES string of the molecule is Cc1nn(-c2ccnc(C(=N)N)c2)c(C)c1Br. The van der Waals surface area contributed by atoms with Crippen LogP contribution < -0.4 is 5.73 Å². The molecule has 0 aliphatic carbocycles. The van der Waals surface area contributed by atoms with Crippen LogP contribution in [0.3, 0.4) is 0 Å².